The van der Waals surface area contributed by atoms with Gasteiger partial charge in [0, 0.05) is 0 Å². The average molecular weight is 254 g/mol. The minimum Gasteiger partial charge on any atom is -0.393 e. The molecule has 3 fully saturated rings. The molecule has 0 radical (unpaired) electrons. The van der Waals surface area contributed by atoms with Gasteiger partial charge in [-0.2, -0.15) is 0 Å². The van der Waals surface area contributed by atoms with Crippen molar-refractivity contribution in [2.24, 2.45) is 11.8 Å². The highest BCUT2D eigenvalue weighted by Gasteiger charge is 2.36. The van der Waals surface area contributed by atoms with Crippen molar-refractivity contribution in [3.63, 3.8) is 0 Å². The third kappa shape index (κ3) is 3.25. The molecule has 2 bridgehead atoms. The minimum absolute atomic E-state index is 0.0611. The molecule has 0 aromatic heterocycles. The van der Waals surface area contributed by atoms with Crippen molar-refractivity contribution < 1.29 is 14.9 Å². The van der Waals surface area contributed by atoms with Crippen molar-refractivity contribution in [1.29, 1.82) is 0 Å². The molecule has 2 atom stereocenters. The van der Waals surface area contributed by atoms with Gasteiger partial charge >= 0.3 is 0 Å². The molecule has 3 nitrogen and oxygen atoms in total. The van der Waals surface area contributed by atoms with Gasteiger partial charge in [-0.05, 0) is 56.8 Å². The van der Waals surface area contributed by atoms with Crippen LogP contribution in [0.1, 0.15) is 64.2 Å². The van der Waals surface area contributed by atoms with Gasteiger partial charge in [0.05, 0.1) is 18.3 Å². The SMILES string of the molecule is OC1CC2CC(C1)CC(OOC1CCCCC1)C2. The minimum atomic E-state index is -0.0611. The molecule has 3 heteroatoms. The lowest BCUT2D eigenvalue weighted by molar-refractivity contribution is -0.362. The lowest BCUT2D eigenvalue weighted by Crippen LogP contribution is -2.37. The third-order valence-corrected chi connectivity index (χ3v) is 4.95. The van der Waals surface area contributed by atoms with E-state index >= 15 is 0 Å². The molecule has 2 unspecified atom stereocenters. The van der Waals surface area contributed by atoms with Crippen molar-refractivity contribution in [3.8, 4) is 0 Å². The summed E-state index contributed by atoms with van der Waals surface area (Å²) in [6.45, 7) is 0. The molecule has 3 saturated carbocycles. The molecule has 0 aromatic rings. The quantitative estimate of drug-likeness (QED) is 0.621. The van der Waals surface area contributed by atoms with Crippen molar-refractivity contribution in [2.45, 2.75) is 82.5 Å². The number of aliphatic hydroxyl groups is 1. The Morgan fingerprint density at radius 2 is 1.28 bits per heavy atom. The average Bonchev–Trinajstić information content (AvgIpc) is 2.36. The van der Waals surface area contributed by atoms with Crippen LogP contribution in [0.5, 0.6) is 0 Å². The van der Waals surface area contributed by atoms with E-state index in [0.29, 0.717) is 17.9 Å². The van der Waals surface area contributed by atoms with Crippen molar-refractivity contribution in [1.82, 2.24) is 0 Å². The van der Waals surface area contributed by atoms with Crippen LogP contribution >= 0.6 is 0 Å². The Kier molecular flexibility index (Phi) is 4.22. The highest BCUT2D eigenvalue weighted by atomic mass is 17.2. The monoisotopic (exact) mass is 254 g/mol. The molecule has 0 spiro atoms. The highest BCUT2D eigenvalue weighted by Crippen LogP contribution is 2.41. The second-order valence-corrected chi connectivity index (χ2v) is 6.64. The van der Waals surface area contributed by atoms with E-state index in [1.165, 1.54) is 25.7 Å². The Balaban J connectivity index is 1.43. The van der Waals surface area contributed by atoms with Gasteiger partial charge in [-0.3, -0.25) is 0 Å². The number of hydrogen-bond acceptors (Lipinski definition) is 3. The van der Waals surface area contributed by atoms with Gasteiger partial charge in [-0.25, -0.2) is 9.78 Å². The summed E-state index contributed by atoms with van der Waals surface area (Å²) in [5, 5.41) is 9.76. The van der Waals surface area contributed by atoms with Crippen molar-refractivity contribution in [3.05, 3.63) is 0 Å². The summed E-state index contributed by atoms with van der Waals surface area (Å²) < 4.78 is 0. The fourth-order valence-electron chi connectivity index (χ4n) is 4.15. The fourth-order valence-corrected chi connectivity index (χ4v) is 4.15. The number of aliphatic hydroxyl groups excluding tert-OH is 1. The van der Waals surface area contributed by atoms with Crippen LogP contribution in [0, 0.1) is 11.8 Å². The van der Waals surface area contributed by atoms with Crippen LogP contribution in [0.25, 0.3) is 0 Å². The maximum absolute atomic E-state index is 9.76. The summed E-state index contributed by atoms with van der Waals surface area (Å²) in [6.07, 6.45) is 12.2. The Bertz CT molecular complexity index is 244. The van der Waals surface area contributed by atoms with Crippen LogP contribution in [0.2, 0.25) is 0 Å². The van der Waals surface area contributed by atoms with E-state index in [9.17, 15) is 5.11 Å². The Morgan fingerprint density at radius 1 is 0.667 bits per heavy atom. The van der Waals surface area contributed by atoms with Gasteiger partial charge in [-0.1, -0.05) is 19.3 Å². The normalized spacial score (nSPS) is 41.8. The van der Waals surface area contributed by atoms with Gasteiger partial charge in [0.1, 0.15) is 0 Å². The molecule has 0 aromatic carbocycles. The first-order valence-corrected chi connectivity index (χ1v) is 7.80. The molecule has 0 aliphatic heterocycles. The van der Waals surface area contributed by atoms with E-state index in [-0.39, 0.29) is 12.2 Å². The lowest BCUT2D eigenvalue weighted by atomic mass is 9.70. The van der Waals surface area contributed by atoms with Crippen LogP contribution in [-0.4, -0.2) is 23.4 Å². The third-order valence-electron chi connectivity index (χ3n) is 4.95. The van der Waals surface area contributed by atoms with Crippen LogP contribution in [0.3, 0.4) is 0 Å². The molecular formula is C15H26O3. The van der Waals surface area contributed by atoms with E-state index < -0.39 is 0 Å². The van der Waals surface area contributed by atoms with Crippen LogP contribution in [0.15, 0.2) is 0 Å². The van der Waals surface area contributed by atoms with Gasteiger partial charge in [-0.15, -0.1) is 0 Å². The zero-order valence-corrected chi connectivity index (χ0v) is 11.2. The first-order valence-electron chi connectivity index (χ1n) is 7.80. The largest absolute Gasteiger partial charge is 0.393 e. The first-order chi connectivity index (χ1) is 8.79. The lowest BCUT2D eigenvalue weighted by Gasteiger charge is -2.40. The van der Waals surface area contributed by atoms with E-state index in [2.05, 4.69) is 0 Å². The standard InChI is InChI=1S/C15H26O3/c16-13-7-11-6-12(8-13)10-15(9-11)18-17-14-4-2-1-3-5-14/h11-16H,1-10H2. The smallest absolute Gasteiger partial charge is 0.0935 e. The first kappa shape index (κ1) is 12.9. The predicted molar refractivity (Wildman–Crippen MR) is 68.9 cm³/mol. The molecule has 3 rings (SSSR count). The molecular weight excluding hydrogens is 228 g/mol. The van der Waals surface area contributed by atoms with Crippen LogP contribution in [0.4, 0.5) is 0 Å². The number of rotatable bonds is 3. The molecule has 3 aliphatic rings. The predicted octanol–water partition coefficient (Wildman–Crippen LogP) is 3.21. The summed E-state index contributed by atoms with van der Waals surface area (Å²) in [5.74, 6) is 1.32. The summed E-state index contributed by atoms with van der Waals surface area (Å²) >= 11 is 0. The zero-order valence-electron chi connectivity index (χ0n) is 11.2. The summed E-state index contributed by atoms with van der Waals surface area (Å²) in [5.41, 5.74) is 0. The topological polar surface area (TPSA) is 38.7 Å². The van der Waals surface area contributed by atoms with Crippen molar-refractivity contribution in [2.75, 3.05) is 0 Å². The maximum atomic E-state index is 9.76. The van der Waals surface area contributed by atoms with Gasteiger partial charge in [0.2, 0.25) is 0 Å². The Morgan fingerprint density at radius 3 is 1.94 bits per heavy atom. The molecule has 0 amide bonds. The van der Waals surface area contributed by atoms with E-state index in [4.69, 9.17) is 9.78 Å². The number of hydrogen-bond donors (Lipinski definition) is 1. The molecule has 0 saturated heterocycles. The van der Waals surface area contributed by atoms with Gasteiger partial charge in [0.15, 0.2) is 0 Å². The Labute approximate surface area is 110 Å². The summed E-state index contributed by atoms with van der Waals surface area (Å²) in [6, 6.07) is 0. The summed E-state index contributed by atoms with van der Waals surface area (Å²) in [4.78, 5) is 11.4. The second kappa shape index (κ2) is 5.89. The molecule has 0 heterocycles. The highest BCUT2D eigenvalue weighted by molar-refractivity contribution is 4.86. The second-order valence-electron chi connectivity index (χ2n) is 6.64. The molecule has 18 heavy (non-hydrogen) atoms. The van der Waals surface area contributed by atoms with Gasteiger partial charge in [0.25, 0.3) is 0 Å². The number of fused-ring (bicyclic) bond motifs is 2. The van der Waals surface area contributed by atoms with Crippen LogP contribution in [-0.2, 0) is 9.78 Å². The van der Waals surface area contributed by atoms with Crippen LogP contribution < -0.4 is 0 Å². The van der Waals surface area contributed by atoms with E-state index in [1.807, 2.05) is 0 Å². The molecule has 3 aliphatic carbocycles. The maximum Gasteiger partial charge on any atom is 0.0935 e. The summed E-state index contributed by atoms with van der Waals surface area (Å²) in [7, 11) is 0. The van der Waals surface area contributed by atoms with Crippen molar-refractivity contribution >= 4 is 0 Å². The van der Waals surface area contributed by atoms with Gasteiger partial charge < -0.3 is 5.11 Å². The molecule has 1 N–H and O–H groups in total. The van der Waals surface area contributed by atoms with E-state index in [1.54, 1.807) is 0 Å². The zero-order chi connectivity index (χ0) is 12.4. The Hall–Kier alpha value is -0.120. The van der Waals surface area contributed by atoms with E-state index in [0.717, 1.165) is 38.5 Å². The fraction of sp³-hybridized carbons (Fsp3) is 1.00. The molecule has 104 valence electrons.